The summed E-state index contributed by atoms with van der Waals surface area (Å²) in [6.45, 7) is 6.25. The summed E-state index contributed by atoms with van der Waals surface area (Å²) in [6, 6.07) is 9.96. The summed E-state index contributed by atoms with van der Waals surface area (Å²) in [5, 5.41) is 8.97. The molecule has 3 aromatic rings. The second-order valence-electron chi connectivity index (χ2n) is 6.23. The quantitative estimate of drug-likeness (QED) is 0.689. The number of carbonyl (C=O) groups is 1. The van der Waals surface area contributed by atoms with Gasteiger partial charge < -0.3 is 9.84 Å². The number of thiophene rings is 1. The number of nitrogens with zero attached hydrogens (tertiary/aromatic N) is 2. The van der Waals surface area contributed by atoms with Gasteiger partial charge in [0.15, 0.2) is 0 Å². The second-order valence-corrected chi connectivity index (χ2v) is 7.18. The fourth-order valence-electron chi connectivity index (χ4n) is 2.63. The summed E-state index contributed by atoms with van der Waals surface area (Å²) < 4.78 is 5.24. The van der Waals surface area contributed by atoms with Crippen molar-refractivity contribution in [3.8, 4) is 10.7 Å². The molecule has 0 aliphatic rings. The van der Waals surface area contributed by atoms with Crippen molar-refractivity contribution in [2.75, 3.05) is 5.32 Å². The third-order valence-electron chi connectivity index (χ3n) is 3.97. The van der Waals surface area contributed by atoms with Crippen LogP contribution in [0, 0.1) is 6.92 Å². The van der Waals surface area contributed by atoms with E-state index < -0.39 is 0 Å². The summed E-state index contributed by atoms with van der Waals surface area (Å²) in [4.78, 5) is 17.7. The average Bonchev–Trinajstić information content (AvgIpc) is 3.25. The number of para-hydroxylation sites is 1. The van der Waals surface area contributed by atoms with Crippen LogP contribution in [0.5, 0.6) is 0 Å². The van der Waals surface area contributed by atoms with Gasteiger partial charge in [-0.2, -0.15) is 4.98 Å². The van der Waals surface area contributed by atoms with Crippen molar-refractivity contribution in [1.29, 1.82) is 0 Å². The Hall–Kier alpha value is -2.47. The Morgan fingerprint density at radius 3 is 2.84 bits per heavy atom. The molecule has 0 saturated heterocycles. The van der Waals surface area contributed by atoms with Crippen molar-refractivity contribution in [3.63, 3.8) is 0 Å². The van der Waals surface area contributed by atoms with Gasteiger partial charge in [-0.25, -0.2) is 0 Å². The Bertz CT molecular complexity index is 853. The van der Waals surface area contributed by atoms with Gasteiger partial charge in [0.05, 0.1) is 4.88 Å². The fourth-order valence-corrected chi connectivity index (χ4v) is 3.28. The number of amides is 1. The van der Waals surface area contributed by atoms with Crippen molar-refractivity contribution in [1.82, 2.24) is 10.1 Å². The summed E-state index contributed by atoms with van der Waals surface area (Å²) >= 11 is 1.56. The maximum absolute atomic E-state index is 12.3. The fraction of sp³-hybridized carbons (Fsp3) is 0.316. The van der Waals surface area contributed by atoms with E-state index in [1.807, 2.05) is 36.6 Å². The number of hydrogen-bond acceptors (Lipinski definition) is 5. The second kappa shape index (κ2) is 7.61. The minimum Gasteiger partial charge on any atom is -0.339 e. The van der Waals surface area contributed by atoms with Crippen LogP contribution in [0.4, 0.5) is 5.69 Å². The molecule has 6 heteroatoms. The Morgan fingerprint density at radius 1 is 1.28 bits per heavy atom. The zero-order valence-electron chi connectivity index (χ0n) is 14.6. The molecule has 0 aliphatic heterocycles. The molecular weight excluding hydrogens is 334 g/mol. The molecule has 0 atom stereocenters. The number of aryl methyl sites for hydroxylation is 2. The molecule has 0 fully saturated rings. The molecule has 2 aromatic heterocycles. The Balaban J connectivity index is 1.63. The van der Waals surface area contributed by atoms with Crippen LogP contribution in [0.1, 0.15) is 43.2 Å². The zero-order chi connectivity index (χ0) is 17.8. The molecule has 0 saturated carbocycles. The number of rotatable bonds is 6. The summed E-state index contributed by atoms with van der Waals surface area (Å²) in [5.74, 6) is 1.35. The molecule has 1 amide bonds. The molecule has 5 nitrogen and oxygen atoms in total. The lowest BCUT2D eigenvalue weighted by atomic mass is 9.98. The van der Waals surface area contributed by atoms with Gasteiger partial charge in [0.25, 0.3) is 0 Å². The molecule has 0 radical (unpaired) electrons. The number of nitrogens with one attached hydrogen (secondary N) is 1. The van der Waals surface area contributed by atoms with Crippen LogP contribution in [0.3, 0.4) is 0 Å². The molecule has 1 aromatic carbocycles. The van der Waals surface area contributed by atoms with Crippen molar-refractivity contribution in [2.24, 2.45) is 0 Å². The van der Waals surface area contributed by atoms with Crippen LogP contribution in [-0.2, 0) is 11.2 Å². The first kappa shape index (κ1) is 17.4. The molecule has 0 aliphatic carbocycles. The third-order valence-corrected chi connectivity index (χ3v) is 4.83. The van der Waals surface area contributed by atoms with Crippen molar-refractivity contribution in [3.05, 3.63) is 52.7 Å². The smallest absolute Gasteiger partial charge is 0.227 e. The molecule has 1 N–H and O–H groups in total. The van der Waals surface area contributed by atoms with Crippen molar-refractivity contribution >= 4 is 22.9 Å². The van der Waals surface area contributed by atoms with E-state index in [9.17, 15) is 4.79 Å². The van der Waals surface area contributed by atoms with Crippen LogP contribution >= 0.6 is 11.3 Å². The van der Waals surface area contributed by atoms with Crippen LogP contribution in [0.25, 0.3) is 10.7 Å². The first-order chi connectivity index (χ1) is 12.0. The number of benzene rings is 1. The number of anilines is 1. The topological polar surface area (TPSA) is 68.0 Å². The molecule has 25 heavy (non-hydrogen) atoms. The van der Waals surface area contributed by atoms with Gasteiger partial charge in [-0.1, -0.05) is 43.3 Å². The van der Waals surface area contributed by atoms with E-state index in [1.165, 1.54) is 0 Å². The molecule has 2 heterocycles. The van der Waals surface area contributed by atoms with Crippen LogP contribution in [0.2, 0.25) is 0 Å². The lowest BCUT2D eigenvalue weighted by Gasteiger charge is -2.16. The van der Waals surface area contributed by atoms with E-state index in [0.717, 1.165) is 21.7 Å². The van der Waals surface area contributed by atoms with Gasteiger partial charge in [0, 0.05) is 18.5 Å². The van der Waals surface area contributed by atoms with E-state index >= 15 is 0 Å². The lowest BCUT2D eigenvalue weighted by Crippen LogP contribution is -2.15. The van der Waals surface area contributed by atoms with Gasteiger partial charge in [-0.15, -0.1) is 11.3 Å². The van der Waals surface area contributed by atoms with Crippen molar-refractivity contribution < 1.29 is 9.32 Å². The van der Waals surface area contributed by atoms with Crippen molar-refractivity contribution in [2.45, 2.75) is 39.5 Å². The maximum Gasteiger partial charge on any atom is 0.227 e. The lowest BCUT2D eigenvalue weighted by molar-refractivity contribution is -0.116. The SMILES string of the molecule is Cc1cccc(C(C)C)c1NC(=O)CCc1nc(-c2cccs2)no1. The monoisotopic (exact) mass is 355 g/mol. The highest BCUT2D eigenvalue weighted by Crippen LogP contribution is 2.27. The maximum atomic E-state index is 12.3. The van der Waals surface area contributed by atoms with Crippen LogP contribution in [0.15, 0.2) is 40.2 Å². The third kappa shape index (κ3) is 4.14. The van der Waals surface area contributed by atoms with Gasteiger partial charge in [0.1, 0.15) is 0 Å². The normalized spacial score (nSPS) is 11.0. The predicted octanol–water partition coefficient (Wildman–Crippen LogP) is 4.80. The number of aromatic nitrogens is 2. The number of carbonyl (C=O) groups excluding carboxylic acids is 1. The van der Waals surface area contributed by atoms with E-state index in [1.54, 1.807) is 11.3 Å². The molecule has 0 bridgehead atoms. The Kier molecular flexibility index (Phi) is 5.28. The molecule has 0 spiro atoms. The molecule has 0 unspecified atom stereocenters. The Morgan fingerprint density at radius 2 is 2.12 bits per heavy atom. The van der Waals surface area contributed by atoms with E-state index in [4.69, 9.17) is 4.52 Å². The van der Waals surface area contributed by atoms with Gasteiger partial charge in [-0.3, -0.25) is 4.79 Å². The average molecular weight is 355 g/mol. The van der Waals surface area contributed by atoms with Gasteiger partial charge in [-0.05, 0) is 35.4 Å². The van der Waals surface area contributed by atoms with Crippen LogP contribution in [-0.4, -0.2) is 16.0 Å². The summed E-state index contributed by atoms with van der Waals surface area (Å²) in [7, 11) is 0. The first-order valence-electron chi connectivity index (χ1n) is 8.30. The van der Waals surface area contributed by atoms with Gasteiger partial charge >= 0.3 is 0 Å². The minimum atomic E-state index is -0.0490. The molecular formula is C19H21N3O2S. The highest BCUT2D eigenvalue weighted by atomic mass is 32.1. The summed E-state index contributed by atoms with van der Waals surface area (Å²) in [6.07, 6.45) is 0.727. The minimum absolute atomic E-state index is 0.0490. The largest absolute Gasteiger partial charge is 0.339 e. The zero-order valence-corrected chi connectivity index (χ0v) is 15.4. The Labute approximate surface area is 151 Å². The van der Waals surface area contributed by atoms with Crippen LogP contribution < -0.4 is 5.32 Å². The van der Waals surface area contributed by atoms with E-state index in [2.05, 4.69) is 35.4 Å². The molecule has 3 rings (SSSR count). The molecule has 130 valence electrons. The van der Waals surface area contributed by atoms with E-state index in [-0.39, 0.29) is 5.91 Å². The standard InChI is InChI=1S/C19H21N3O2S/c1-12(2)14-7-4-6-13(3)18(14)20-16(23)9-10-17-21-19(22-24-17)15-8-5-11-25-15/h4-8,11-12H,9-10H2,1-3H3,(H,20,23). The first-order valence-corrected chi connectivity index (χ1v) is 9.18. The predicted molar refractivity (Wildman–Crippen MR) is 99.8 cm³/mol. The highest BCUT2D eigenvalue weighted by Gasteiger charge is 2.14. The highest BCUT2D eigenvalue weighted by molar-refractivity contribution is 7.13. The number of hydrogen-bond donors (Lipinski definition) is 1. The van der Waals surface area contributed by atoms with Gasteiger partial charge in [0.2, 0.25) is 17.6 Å². The summed E-state index contributed by atoms with van der Waals surface area (Å²) in [5.41, 5.74) is 3.12. The van der Waals surface area contributed by atoms with E-state index in [0.29, 0.717) is 30.5 Å².